The van der Waals surface area contributed by atoms with Gasteiger partial charge < -0.3 is 4.74 Å². The van der Waals surface area contributed by atoms with Crippen molar-refractivity contribution in [1.82, 2.24) is 0 Å². The molecule has 0 aromatic rings. The first-order valence-corrected chi connectivity index (χ1v) is 11.0. The molecular formula is C19H37IO2. The Balaban J connectivity index is 2.98. The minimum absolute atomic E-state index is 0.0648. The normalized spacial score (nSPS) is 10.8. The van der Waals surface area contributed by atoms with Crippen LogP contribution in [0.5, 0.6) is 0 Å². The molecule has 132 valence electrons. The maximum atomic E-state index is 10.9. The third kappa shape index (κ3) is 18.2. The van der Waals surface area contributed by atoms with Crippen molar-refractivity contribution < 1.29 is 9.53 Å². The van der Waals surface area contributed by atoms with Gasteiger partial charge in [-0.25, -0.2) is 0 Å². The molecule has 0 aromatic heterocycles. The quantitative estimate of drug-likeness (QED) is 0.111. The molecule has 0 spiro atoms. The van der Waals surface area contributed by atoms with E-state index >= 15 is 0 Å². The molecule has 2 nitrogen and oxygen atoms in total. The third-order valence-electron chi connectivity index (χ3n) is 4.24. The predicted molar refractivity (Wildman–Crippen MR) is 105 cm³/mol. The van der Waals surface area contributed by atoms with Crippen molar-refractivity contribution in [2.75, 3.05) is 11.5 Å². The summed E-state index contributed by atoms with van der Waals surface area (Å²) in [6, 6.07) is 0. The molecule has 0 saturated heterocycles. The van der Waals surface area contributed by atoms with E-state index in [0.717, 1.165) is 6.42 Å². The van der Waals surface area contributed by atoms with Gasteiger partial charge in [0.05, 0.1) is 7.11 Å². The Hall–Kier alpha value is 0.200. The summed E-state index contributed by atoms with van der Waals surface area (Å²) in [5.41, 5.74) is 0. The second-order valence-corrected chi connectivity index (χ2v) is 7.40. The van der Waals surface area contributed by atoms with Gasteiger partial charge in [0.15, 0.2) is 0 Å². The molecule has 0 atom stereocenters. The Morgan fingerprint density at radius 3 is 1.27 bits per heavy atom. The summed E-state index contributed by atoms with van der Waals surface area (Å²) in [6.45, 7) is 0. The molecule has 0 fully saturated rings. The molecule has 3 heteroatoms. The Morgan fingerprint density at radius 1 is 0.636 bits per heavy atom. The van der Waals surface area contributed by atoms with Gasteiger partial charge in [0, 0.05) is 6.42 Å². The number of carbonyl (C=O) groups is 1. The van der Waals surface area contributed by atoms with E-state index in [1.165, 1.54) is 101 Å². The zero-order valence-electron chi connectivity index (χ0n) is 14.7. The summed E-state index contributed by atoms with van der Waals surface area (Å²) in [7, 11) is 1.47. The molecule has 0 aliphatic rings. The minimum atomic E-state index is -0.0648. The van der Waals surface area contributed by atoms with Crippen LogP contribution < -0.4 is 0 Å². The van der Waals surface area contributed by atoms with E-state index in [1.54, 1.807) is 0 Å². The minimum Gasteiger partial charge on any atom is -0.469 e. The Labute approximate surface area is 152 Å². The van der Waals surface area contributed by atoms with Crippen molar-refractivity contribution in [3.05, 3.63) is 0 Å². The number of halogens is 1. The number of rotatable bonds is 17. The van der Waals surface area contributed by atoms with E-state index in [9.17, 15) is 4.79 Å². The number of carbonyl (C=O) groups excluding carboxylic acids is 1. The number of ether oxygens (including phenoxy) is 1. The van der Waals surface area contributed by atoms with Crippen LogP contribution in [-0.2, 0) is 9.53 Å². The van der Waals surface area contributed by atoms with Gasteiger partial charge in [0.1, 0.15) is 0 Å². The van der Waals surface area contributed by atoms with Gasteiger partial charge in [-0.1, -0.05) is 106 Å². The van der Waals surface area contributed by atoms with Crippen LogP contribution >= 0.6 is 22.6 Å². The van der Waals surface area contributed by atoms with Crippen LogP contribution in [0.1, 0.15) is 103 Å². The van der Waals surface area contributed by atoms with Crippen molar-refractivity contribution in [3.8, 4) is 0 Å². The summed E-state index contributed by atoms with van der Waals surface area (Å²) >= 11 is 2.47. The summed E-state index contributed by atoms with van der Waals surface area (Å²) in [4.78, 5) is 10.9. The molecule has 0 unspecified atom stereocenters. The highest BCUT2D eigenvalue weighted by atomic mass is 127. The molecule has 0 bridgehead atoms. The fraction of sp³-hybridized carbons (Fsp3) is 0.947. The van der Waals surface area contributed by atoms with E-state index in [0.29, 0.717) is 6.42 Å². The Kier molecular flexibility index (Phi) is 19.4. The predicted octanol–water partition coefficient (Wildman–Crippen LogP) is 6.84. The zero-order chi connectivity index (χ0) is 16.3. The van der Waals surface area contributed by atoms with Crippen LogP contribution in [0.25, 0.3) is 0 Å². The van der Waals surface area contributed by atoms with Crippen molar-refractivity contribution in [2.45, 2.75) is 103 Å². The van der Waals surface area contributed by atoms with Crippen molar-refractivity contribution in [1.29, 1.82) is 0 Å². The molecular weight excluding hydrogens is 387 g/mol. The molecule has 0 saturated carbocycles. The summed E-state index contributed by atoms with van der Waals surface area (Å²) in [6.07, 6.45) is 21.0. The van der Waals surface area contributed by atoms with Crippen molar-refractivity contribution in [3.63, 3.8) is 0 Å². The van der Waals surface area contributed by atoms with Gasteiger partial charge in [-0.15, -0.1) is 0 Å². The first kappa shape index (κ1) is 22.2. The van der Waals surface area contributed by atoms with E-state index in [-0.39, 0.29) is 5.97 Å². The molecule has 22 heavy (non-hydrogen) atoms. The van der Waals surface area contributed by atoms with Gasteiger partial charge in [-0.05, 0) is 17.3 Å². The number of esters is 1. The molecule has 0 heterocycles. The third-order valence-corrected chi connectivity index (χ3v) is 5.00. The highest BCUT2D eigenvalue weighted by molar-refractivity contribution is 14.1. The monoisotopic (exact) mass is 424 g/mol. The summed E-state index contributed by atoms with van der Waals surface area (Å²) < 4.78 is 5.96. The lowest BCUT2D eigenvalue weighted by Crippen LogP contribution is -1.99. The molecule has 0 aliphatic carbocycles. The molecule has 0 aliphatic heterocycles. The maximum absolute atomic E-state index is 10.9. The maximum Gasteiger partial charge on any atom is 0.305 e. The molecule has 0 radical (unpaired) electrons. The van der Waals surface area contributed by atoms with E-state index in [2.05, 4.69) is 27.3 Å². The average molecular weight is 424 g/mol. The largest absolute Gasteiger partial charge is 0.469 e. The van der Waals surface area contributed by atoms with Crippen LogP contribution in [-0.4, -0.2) is 17.5 Å². The fourth-order valence-corrected chi connectivity index (χ4v) is 3.30. The lowest BCUT2D eigenvalue weighted by atomic mass is 10.0. The SMILES string of the molecule is COC(=O)CCCCCCCCCCCCCCCCCI. The molecule has 0 aromatic carbocycles. The summed E-state index contributed by atoms with van der Waals surface area (Å²) in [5, 5.41) is 0. The topological polar surface area (TPSA) is 26.3 Å². The van der Waals surface area contributed by atoms with Gasteiger partial charge in [-0.2, -0.15) is 0 Å². The Morgan fingerprint density at radius 2 is 0.955 bits per heavy atom. The standard InChI is InChI=1S/C19H37IO2/c1-22-19(21)17-15-13-11-9-7-5-3-2-4-6-8-10-12-14-16-18-20/h2-18H2,1H3. The first-order chi connectivity index (χ1) is 10.8. The van der Waals surface area contributed by atoms with E-state index in [1.807, 2.05) is 0 Å². The number of alkyl halides is 1. The first-order valence-electron chi connectivity index (χ1n) is 9.44. The average Bonchev–Trinajstić information content (AvgIpc) is 2.54. The van der Waals surface area contributed by atoms with E-state index < -0.39 is 0 Å². The molecule has 0 N–H and O–H groups in total. The lowest BCUT2D eigenvalue weighted by molar-refractivity contribution is -0.140. The van der Waals surface area contributed by atoms with Crippen LogP contribution in [0.4, 0.5) is 0 Å². The summed E-state index contributed by atoms with van der Waals surface area (Å²) in [5.74, 6) is -0.0648. The fourth-order valence-electron chi connectivity index (χ4n) is 2.76. The molecule has 0 amide bonds. The van der Waals surface area contributed by atoms with Crippen molar-refractivity contribution >= 4 is 28.6 Å². The zero-order valence-corrected chi connectivity index (χ0v) is 16.9. The second-order valence-electron chi connectivity index (χ2n) is 6.32. The highest BCUT2D eigenvalue weighted by Gasteiger charge is 1.99. The van der Waals surface area contributed by atoms with Gasteiger partial charge in [0.2, 0.25) is 0 Å². The Bertz CT molecular complexity index is 231. The van der Waals surface area contributed by atoms with Crippen LogP contribution in [0.15, 0.2) is 0 Å². The number of methoxy groups -OCH3 is 1. The number of hydrogen-bond donors (Lipinski definition) is 0. The number of unbranched alkanes of at least 4 members (excludes halogenated alkanes) is 14. The smallest absolute Gasteiger partial charge is 0.305 e. The second kappa shape index (κ2) is 19.2. The van der Waals surface area contributed by atoms with E-state index in [4.69, 9.17) is 0 Å². The van der Waals surface area contributed by atoms with Crippen molar-refractivity contribution in [2.24, 2.45) is 0 Å². The molecule has 0 rings (SSSR count). The van der Waals surface area contributed by atoms with Crippen LogP contribution in [0, 0.1) is 0 Å². The number of hydrogen-bond acceptors (Lipinski definition) is 2. The van der Waals surface area contributed by atoms with Crippen LogP contribution in [0.3, 0.4) is 0 Å². The van der Waals surface area contributed by atoms with Crippen LogP contribution in [0.2, 0.25) is 0 Å². The lowest BCUT2D eigenvalue weighted by Gasteiger charge is -2.03. The highest BCUT2D eigenvalue weighted by Crippen LogP contribution is 2.13. The van der Waals surface area contributed by atoms with Gasteiger partial charge in [-0.3, -0.25) is 4.79 Å². The van der Waals surface area contributed by atoms with Gasteiger partial charge >= 0.3 is 5.97 Å². The van der Waals surface area contributed by atoms with Gasteiger partial charge in [0.25, 0.3) is 0 Å².